The number of rotatable bonds is 4. The number of amides is 3. The summed E-state index contributed by atoms with van der Waals surface area (Å²) < 4.78 is 10.8. The predicted molar refractivity (Wildman–Crippen MR) is 96.8 cm³/mol. The van der Waals surface area contributed by atoms with Gasteiger partial charge in [0.25, 0.3) is 5.91 Å². The highest BCUT2D eigenvalue weighted by Gasteiger charge is 2.22. The van der Waals surface area contributed by atoms with Crippen molar-refractivity contribution in [2.75, 3.05) is 0 Å². The van der Waals surface area contributed by atoms with Crippen molar-refractivity contribution >= 4 is 28.8 Å². The smallest absolute Gasteiger partial charge is 0.339 e. The Morgan fingerprint density at radius 1 is 1.19 bits per heavy atom. The molecule has 8 nitrogen and oxygen atoms in total. The Labute approximate surface area is 154 Å². The molecule has 3 aromatic rings. The number of pyridine rings is 1. The largest absolute Gasteiger partial charge is 0.460 e. The van der Waals surface area contributed by atoms with Gasteiger partial charge in [-0.2, -0.15) is 0 Å². The molecule has 0 saturated carbocycles. The normalized spacial score (nSPS) is 11.8. The summed E-state index contributed by atoms with van der Waals surface area (Å²) in [5.74, 6) is -0.325. The van der Waals surface area contributed by atoms with E-state index >= 15 is 0 Å². The van der Waals surface area contributed by atoms with Gasteiger partial charge in [0.2, 0.25) is 0 Å². The SMILES string of the molecule is Cc1ccc(-c2cc(C(=O)O[C@@H](C)C(=O)NC(N)=O)c3ccccc3n2)o1. The first-order chi connectivity index (χ1) is 12.8. The first-order valence-corrected chi connectivity index (χ1v) is 8.13. The number of urea groups is 1. The van der Waals surface area contributed by atoms with E-state index in [1.54, 1.807) is 49.4 Å². The van der Waals surface area contributed by atoms with E-state index < -0.39 is 24.0 Å². The average Bonchev–Trinajstić information content (AvgIpc) is 3.06. The lowest BCUT2D eigenvalue weighted by molar-refractivity contribution is -0.127. The van der Waals surface area contributed by atoms with Crippen LogP contribution in [-0.2, 0) is 9.53 Å². The Balaban J connectivity index is 1.98. The number of nitrogens with zero attached hydrogens (tertiary/aromatic N) is 1. The average molecular weight is 367 g/mol. The monoisotopic (exact) mass is 367 g/mol. The minimum absolute atomic E-state index is 0.225. The van der Waals surface area contributed by atoms with Crippen LogP contribution in [0.2, 0.25) is 0 Å². The summed E-state index contributed by atoms with van der Waals surface area (Å²) in [7, 11) is 0. The van der Waals surface area contributed by atoms with Crippen LogP contribution >= 0.6 is 0 Å². The van der Waals surface area contributed by atoms with Crippen molar-refractivity contribution in [1.29, 1.82) is 0 Å². The van der Waals surface area contributed by atoms with Crippen molar-refractivity contribution in [3.63, 3.8) is 0 Å². The molecular formula is C19H17N3O5. The number of para-hydroxylation sites is 1. The van der Waals surface area contributed by atoms with Crippen LogP contribution < -0.4 is 11.1 Å². The number of primary amides is 1. The van der Waals surface area contributed by atoms with E-state index in [0.717, 1.165) is 0 Å². The van der Waals surface area contributed by atoms with E-state index in [1.807, 2.05) is 5.32 Å². The molecule has 2 heterocycles. The maximum atomic E-state index is 12.7. The van der Waals surface area contributed by atoms with Crippen LogP contribution in [0.4, 0.5) is 4.79 Å². The maximum Gasteiger partial charge on any atom is 0.339 e. The zero-order valence-electron chi connectivity index (χ0n) is 14.7. The van der Waals surface area contributed by atoms with E-state index in [2.05, 4.69) is 4.98 Å². The van der Waals surface area contributed by atoms with Crippen molar-refractivity contribution in [3.05, 3.63) is 53.8 Å². The molecular weight excluding hydrogens is 350 g/mol. The van der Waals surface area contributed by atoms with Gasteiger partial charge in [0.1, 0.15) is 11.5 Å². The highest BCUT2D eigenvalue weighted by atomic mass is 16.5. The maximum absolute atomic E-state index is 12.7. The third-order valence-corrected chi connectivity index (χ3v) is 3.83. The van der Waals surface area contributed by atoms with Crippen molar-refractivity contribution in [2.24, 2.45) is 5.73 Å². The lowest BCUT2D eigenvalue weighted by Crippen LogP contribution is -2.42. The van der Waals surface area contributed by atoms with E-state index in [9.17, 15) is 14.4 Å². The number of furan rings is 1. The number of nitrogens with one attached hydrogen (secondary N) is 1. The summed E-state index contributed by atoms with van der Waals surface area (Å²) in [6, 6.07) is 11.1. The van der Waals surface area contributed by atoms with Crippen LogP contribution in [0.1, 0.15) is 23.0 Å². The van der Waals surface area contributed by atoms with Gasteiger partial charge in [-0.3, -0.25) is 10.1 Å². The van der Waals surface area contributed by atoms with E-state index in [0.29, 0.717) is 28.1 Å². The zero-order chi connectivity index (χ0) is 19.6. The highest BCUT2D eigenvalue weighted by molar-refractivity contribution is 6.05. The quantitative estimate of drug-likeness (QED) is 0.683. The minimum Gasteiger partial charge on any atom is -0.460 e. The molecule has 0 aliphatic heterocycles. The third-order valence-electron chi connectivity index (χ3n) is 3.83. The van der Waals surface area contributed by atoms with Gasteiger partial charge in [0.15, 0.2) is 11.9 Å². The van der Waals surface area contributed by atoms with Gasteiger partial charge in [0, 0.05) is 5.39 Å². The van der Waals surface area contributed by atoms with Crippen LogP contribution in [0.3, 0.4) is 0 Å². The summed E-state index contributed by atoms with van der Waals surface area (Å²) in [6.07, 6.45) is -1.20. The number of carbonyl (C=O) groups excluding carboxylic acids is 3. The second-order valence-corrected chi connectivity index (χ2v) is 5.88. The predicted octanol–water partition coefficient (Wildman–Crippen LogP) is 2.54. The fourth-order valence-electron chi connectivity index (χ4n) is 2.54. The van der Waals surface area contributed by atoms with Crippen molar-refractivity contribution in [3.8, 4) is 11.5 Å². The Kier molecular flexibility index (Phi) is 4.89. The molecule has 0 spiro atoms. The topological polar surface area (TPSA) is 125 Å². The highest BCUT2D eigenvalue weighted by Crippen LogP contribution is 2.27. The summed E-state index contributed by atoms with van der Waals surface area (Å²) in [4.78, 5) is 39.7. The molecule has 138 valence electrons. The van der Waals surface area contributed by atoms with E-state index in [4.69, 9.17) is 14.9 Å². The number of aromatic nitrogens is 1. The molecule has 1 atom stereocenters. The van der Waals surface area contributed by atoms with Crippen LogP contribution in [0.15, 0.2) is 46.9 Å². The number of carbonyl (C=O) groups is 3. The number of hydrogen-bond acceptors (Lipinski definition) is 6. The number of ether oxygens (including phenoxy) is 1. The number of imide groups is 1. The fraction of sp³-hybridized carbons (Fsp3) is 0.158. The van der Waals surface area contributed by atoms with Crippen LogP contribution in [0, 0.1) is 6.92 Å². The molecule has 0 saturated heterocycles. The summed E-state index contributed by atoms with van der Waals surface area (Å²) in [5.41, 5.74) is 6.16. The van der Waals surface area contributed by atoms with Crippen molar-refractivity contribution in [1.82, 2.24) is 10.3 Å². The van der Waals surface area contributed by atoms with Gasteiger partial charge in [-0.25, -0.2) is 14.6 Å². The number of esters is 1. The lowest BCUT2D eigenvalue weighted by atomic mass is 10.1. The van der Waals surface area contributed by atoms with Crippen LogP contribution in [-0.4, -0.2) is 29.0 Å². The number of nitrogens with two attached hydrogens (primary N) is 1. The fourth-order valence-corrected chi connectivity index (χ4v) is 2.54. The van der Waals surface area contributed by atoms with Crippen LogP contribution in [0.5, 0.6) is 0 Å². The van der Waals surface area contributed by atoms with Gasteiger partial charge >= 0.3 is 12.0 Å². The van der Waals surface area contributed by atoms with Crippen LogP contribution in [0.25, 0.3) is 22.4 Å². The molecule has 3 N–H and O–H groups in total. The van der Waals surface area contributed by atoms with Gasteiger partial charge in [-0.1, -0.05) is 18.2 Å². The first kappa shape index (κ1) is 18.1. The molecule has 3 amide bonds. The third kappa shape index (κ3) is 3.95. The molecule has 0 unspecified atom stereocenters. The number of benzene rings is 1. The molecule has 0 aliphatic rings. The Morgan fingerprint density at radius 3 is 2.59 bits per heavy atom. The van der Waals surface area contributed by atoms with E-state index in [1.165, 1.54) is 6.92 Å². The van der Waals surface area contributed by atoms with Gasteiger partial charge in [-0.15, -0.1) is 0 Å². The van der Waals surface area contributed by atoms with E-state index in [-0.39, 0.29) is 5.56 Å². The summed E-state index contributed by atoms with van der Waals surface area (Å²) >= 11 is 0. The second-order valence-electron chi connectivity index (χ2n) is 5.88. The zero-order valence-corrected chi connectivity index (χ0v) is 14.7. The molecule has 27 heavy (non-hydrogen) atoms. The lowest BCUT2D eigenvalue weighted by Gasteiger charge is -2.13. The number of aryl methyl sites for hydroxylation is 1. The molecule has 2 aromatic heterocycles. The molecule has 8 heteroatoms. The van der Waals surface area contributed by atoms with Crippen molar-refractivity contribution in [2.45, 2.75) is 20.0 Å². The molecule has 0 radical (unpaired) electrons. The van der Waals surface area contributed by atoms with Gasteiger partial charge in [-0.05, 0) is 38.1 Å². The van der Waals surface area contributed by atoms with Gasteiger partial charge < -0.3 is 14.9 Å². The molecule has 1 aromatic carbocycles. The van der Waals surface area contributed by atoms with Gasteiger partial charge in [0.05, 0.1) is 11.1 Å². The molecule has 0 aliphatic carbocycles. The number of fused-ring (bicyclic) bond motifs is 1. The molecule has 0 bridgehead atoms. The standard InChI is InChI=1S/C19H17N3O5/c1-10-7-8-16(26-10)15-9-13(12-5-3-4-6-14(12)21-15)18(24)27-11(2)17(23)22-19(20)25/h3-9,11H,1-2H3,(H3,20,22,23,25)/t11-/m0/s1. The first-order valence-electron chi connectivity index (χ1n) is 8.13. The Bertz CT molecular complexity index is 1040. The summed E-state index contributed by atoms with van der Waals surface area (Å²) in [6.45, 7) is 3.15. The van der Waals surface area contributed by atoms with Crippen molar-refractivity contribution < 1.29 is 23.5 Å². The molecule has 0 fully saturated rings. The summed E-state index contributed by atoms with van der Waals surface area (Å²) in [5, 5.41) is 2.44. The molecule has 3 rings (SSSR count). The second kappa shape index (κ2) is 7.28. The Morgan fingerprint density at radius 2 is 1.93 bits per heavy atom. The minimum atomic E-state index is -1.20. The Hall–Kier alpha value is -3.68. The number of hydrogen-bond donors (Lipinski definition) is 2.